The molecule has 0 fully saturated rings. The summed E-state index contributed by atoms with van der Waals surface area (Å²) in [6, 6.07) is 15.3. The number of aryl methyl sites for hydroxylation is 1. The molecule has 0 radical (unpaired) electrons. The van der Waals surface area contributed by atoms with E-state index in [0.29, 0.717) is 21.5 Å². The van der Waals surface area contributed by atoms with Crippen molar-refractivity contribution >= 4 is 55.9 Å². The molecular formula is C33H31F3N4O5S. The lowest BCUT2D eigenvalue weighted by Crippen LogP contribution is -2.36. The van der Waals surface area contributed by atoms with Gasteiger partial charge in [-0.3, -0.25) is 15.0 Å². The lowest BCUT2D eigenvalue weighted by Gasteiger charge is -2.24. The molecular weight excluding hydrogens is 621 g/mol. The van der Waals surface area contributed by atoms with Gasteiger partial charge in [0, 0.05) is 11.3 Å². The van der Waals surface area contributed by atoms with E-state index in [0.717, 1.165) is 54.7 Å². The summed E-state index contributed by atoms with van der Waals surface area (Å²) in [5, 5.41) is 23.5. The van der Waals surface area contributed by atoms with Crippen molar-refractivity contribution in [1.29, 1.82) is 0 Å². The summed E-state index contributed by atoms with van der Waals surface area (Å²) >= 11 is 1.08. The number of hydrogen-bond acceptors (Lipinski definition) is 6. The van der Waals surface area contributed by atoms with Gasteiger partial charge in [0.15, 0.2) is 11.2 Å². The van der Waals surface area contributed by atoms with Crippen molar-refractivity contribution in [2.45, 2.75) is 51.4 Å². The molecule has 1 aliphatic carbocycles. The van der Waals surface area contributed by atoms with Gasteiger partial charge in [-0.05, 0) is 91.3 Å². The fourth-order valence-electron chi connectivity index (χ4n) is 5.14. The van der Waals surface area contributed by atoms with E-state index in [9.17, 15) is 32.7 Å². The van der Waals surface area contributed by atoms with E-state index >= 15 is 0 Å². The number of nitrogens with zero attached hydrogens (tertiary/aromatic N) is 2. The Bertz CT molecular complexity index is 1790. The summed E-state index contributed by atoms with van der Waals surface area (Å²) in [7, 11) is 0. The van der Waals surface area contributed by atoms with Crippen LogP contribution in [0.25, 0.3) is 15.8 Å². The highest BCUT2D eigenvalue weighted by atomic mass is 32.1. The van der Waals surface area contributed by atoms with Gasteiger partial charge < -0.3 is 15.5 Å². The first-order chi connectivity index (χ1) is 21.9. The van der Waals surface area contributed by atoms with Gasteiger partial charge in [-0.1, -0.05) is 41.7 Å². The standard InChI is InChI=1S/C33H31F3N4O5S/c1-19-15-24(33(34,35)36)16-26-28(19)46-31(38-26)39-32(45)40(25-13-11-22(12-14-25)21-5-3-2-4-6-21)18-20-7-9-23(10-8-20)29(42)37-17-27(41)30(43)44/h5,7-16,27,41H,2-4,6,17-18H2,1H3,(H,37,42)(H,43,44)(H,38,39,45). The maximum Gasteiger partial charge on any atom is 0.416 e. The number of anilines is 2. The van der Waals surface area contributed by atoms with Crippen LogP contribution in [0.4, 0.5) is 28.8 Å². The number of alkyl halides is 3. The molecule has 1 aromatic heterocycles. The van der Waals surface area contributed by atoms with Gasteiger partial charge in [0.2, 0.25) is 0 Å². The number of halogens is 3. The number of carbonyl (C=O) groups is 3. The number of aliphatic hydroxyl groups excluding tert-OH is 1. The predicted molar refractivity (Wildman–Crippen MR) is 170 cm³/mol. The number of amides is 3. The zero-order valence-corrected chi connectivity index (χ0v) is 25.5. The number of thiazole rings is 1. The zero-order chi connectivity index (χ0) is 33.0. The molecule has 1 unspecified atom stereocenters. The number of carboxylic acid groups (broad SMARTS) is 1. The molecule has 0 aliphatic heterocycles. The average molecular weight is 653 g/mol. The Kier molecular flexibility index (Phi) is 9.73. The topological polar surface area (TPSA) is 132 Å². The Morgan fingerprint density at radius 1 is 1.04 bits per heavy atom. The van der Waals surface area contributed by atoms with Crippen LogP contribution < -0.4 is 15.5 Å². The number of nitrogens with one attached hydrogen (secondary N) is 2. The molecule has 9 nitrogen and oxygen atoms in total. The molecule has 5 rings (SSSR count). The summed E-state index contributed by atoms with van der Waals surface area (Å²) in [4.78, 5) is 42.7. The smallest absolute Gasteiger partial charge is 0.416 e. The van der Waals surface area contributed by atoms with Crippen LogP contribution in [-0.2, 0) is 17.5 Å². The Morgan fingerprint density at radius 2 is 1.76 bits per heavy atom. The minimum absolute atomic E-state index is 0.0790. The van der Waals surface area contributed by atoms with E-state index in [1.54, 1.807) is 19.1 Å². The van der Waals surface area contributed by atoms with Crippen molar-refractivity contribution in [3.8, 4) is 0 Å². The number of aliphatic hydroxyl groups is 1. The van der Waals surface area contributed by atoms with Crippen molar-refractivity contribution < 1.29 is 37.8 Å². The van der Waals surface area contributed by atoms with Gasteiger partial charge in [0.05, 0.1) is 28.9 Å². The van der Waals surface area contributed by atoms with E-state index in [-0.39, 0.29) is 22.8 Å². The quantitative estimate of drug-likeness (QED) is 0.154. The zero-order valence-electron chi connectivity index (χ0n) is 24.7. The van der Waals surface area contributed by atoms with Crippen molar-refractivity contribution in [2.24, 2.45) is 0 Å². The number of carbonyl (C=O) groups excluding carboxylic acids is 2. The normalized spacial score (nSPS) is 14.0. The van der Waals surface area contributed by atoms with Crippen molar-refractivity contribution in [3.05, 3.63) is 94.6 Å². The summed E-state index contributed by atoms with van der Waals surface area (Å²) in [6.07, 6.45) is 0.228. The Balaban J connectivity index is 1.39. The van der Waals surface area contributed by atoms with Crippen LogP contribution in [0, 0.1) is 6.92 Å². The maximum absolute atomic E-state index is 13.7. The van der Waals surface area contributed by atoms with Gasteiger partial charge in [-0.15, -0.1) is 0 Å². The van der Waals surface area contributed by atoms with E-state index < -0.39 is 42.3 Å². The molecule has 13 heteroatoms. The van der Waals surface area contributed by atoms with Gasteiger partial charge in [0.25, 0.3) is 5.91 Å². The highest BCUT2D eigenvalue weighted by Gasteiger charge is 2.31. The van der Waals surface area contributed by atoms with Gasteiger partial charge >= 0.3 is 18.2 Å². The fraction of sp³-hybridized carbons (Fsp3) is 0.273. The number of aliphatic carboxylic acids is 1. The minimum atomic E-state index is -4.53. The van der Waals surface area contributed by atoms with Gasteiger partial charge in [-0.2, -0.15) is 13.2 Å². The van der Waals surface area contributed by atoms with Crippen LogP contribution in [-0.4, -0.2) is 45.8 Å². The van der Waals surface area contributed by atoms with Crippen molar-refractivity contribution in [3.63, 3.8) is 0 Å². The second kappa shape index (κ2) is 13.7. The number of fused-ring (bicyclic) bond motifs is 1. The molecule has 240 valence electrons. The molecule has 4 aromatic rings. The molecule has 1 aliphatic rings. The predicted octanol–water partition coefficient (Wildman–Crippen LogP) is 6.99. The summed E-state index contributed by atoms with van der Waals surface area (Å²) < 4.78 is 40.6. The summed E-state index contributed by atoms with van der Waals surface area (Å²) in [6.45, 7) is 1.18. The monoisotopic (exact) mass is 652 g/mol. The molecule has 1 heterocycles. The summed E-state index contributed by atoms with van der Waals surface area (Å²) in [5.41, 5.74) is 3.49. The second-order valence-electron chi connectivity index (χ2n) is 11.0. The maximum atomic E-state index is 13.7. The first kappa shape index (κ1) is 32.6. The van der Waals surface area contributed by atoms with Crippen molar-refractivity contribution in [2.75, 3.05) is 16.8 Å². The number of rotatable bonds is 9. The van der Waals surface area contributed by atoms with Crippen LogP contribution >= 0.6 is 11.3 Å². The van der Waals surface area contributed by atoms with Crippen LogP contribution in [0.1, 0.15) is 58.3 Å². The lowest BCUT2D eigenvalue weighted by molar-refractivity contribution is -0.146. The summed E-state index contributed by atoms with van der Waals surface area (Å²) in [5.74, 6) is -2.03. The molecule has 3 aromatic carbocycles. The van der Waals surface area contributed by atoms with E-state index in [1.807, 2.05) is 24.3 Å². The van der Waals surface area contributed by atoms with Crippen LogP contribution in [0.15, 0.2) is 66.7 Å². The molecule has 0 saturated heterocycles. The minimum Gasteiger partial charge on any atom is -0.479 e. The molecule has 3 amide bonds. The molecule has 46 heavy (non-hydrogen) atoms. The third-order valence-electron chi connectivity index (χ3n) is 7.60. The number of allylic oxidation sites excluding steroid dienone is 2. The third-order valence-corrected chi connectivity index (χ3v) is 8.72. The lowest BCUT2D eigenvalue weighted by atomic mass is 9.93. The SMILES string of the molecule is Cc1cc(C(F)(F)F)cc2nc(NC(=O)N(Cc3ccc(C(=O)NCC(O)C(=O)O)cc3)c3ccc(C4=CCCCC4)cc3)sc12. The largest absolute Gasteiger partial charge is 0.479 e. The Morgan fingerprint density at radius 3 is 2.39 bits per heavy atom. The number of hydrogen-bond donors (Lipinski definition) is 4. The average Bonchev–Trinajstić information content (AvgIpc) is 3.45. The highest BCUT2D eigenvalue weighted by Crippen LogP contribution is 2.36. The Hall–Kier alpha value is -4.75. The fourth-order valence-corrected chi connectivity index (χ4v) is 6.04. The van der Waals surface area contributed by atoms with E-state index in [1.165, 1.54) is 22.6 Å². The number of benzene rings is 3. The molecule has 0 spiro atoms. The van der Waals surface area contributed by atoms with Crippen molar-refractivity contribution in [1.82, 2.24) is 10.3 Å². The number of urea groups is 1. The van der Waals surface area contributed by atoms with Gasteiger partial charge in [-0.25, -0.2) is 14.6 Å². The first-order valence-corrected chi connectivity index (χ1v) is 15.3. The highest BCUT2D eigenvalue weighted by molar-refractivity contribution is 7.22. The van der Waals surface area contributed by atoms with Crippen LogP contribution in [0.2, 0.25) is 0 Å². The number of carboxylic acids is 1. The van der Waals surface area contributed by atoms with Gasteiger partial charge in [0.1, 0.15) is 0 Å². The molecule has 0 saturated carbocycles. The second-order valence-corrected chi connectivity index (χ2v) is 12.0. The van der Waals surface area contributed by atoms with Crippen LogP contribution in [0.3, 0.4) is 0 Å². The molecule has 0 bridgehead atoms. The third kappa shape index (κ3) is 7.72. The Labute approximate surface area is 266 Å². The first-order valence-electron chi connectivity index (χ1n) is 14.5. The molecule has 1 atom stereocenters. The molecule has 4 N–H and O–H groups in total. The van der Waals surface area contributed by atoms with E-state index in [4.69, 9.17) is 5.11 Å². The van der Waals surface area contributed by atoms with Crippen LogP contribution in [0.5, 0.6) is 0 Å². The number of aromatic nitrogens is 1. The van der Waals surface area contributed by atoms with E-state index in [2.05, 4.69) is 21.7 Å².